The van der Waals surface area contributed by atoms with E-state index in [0.717, 1.165) is 0 Å². The highest BCUT2D eigenvalue weighted by molar-refractivity contribution is 6.33. The minimum absolute atomic E-state index is 0.0129. The van der Waals surface area contributed by atoms with Gasteiger partial charge in [0.05, 0.1) is 22.9 Å². The van der Waals surface area contributed by atoms with Gasteiger partial charge in [0, 0.05) is 25.5 Å². The normalized spacial score (nSPS) is 12.6. The van der Waals surface area contributed by atoms with Crippen LogP contribution in [0.4, 0.5) is 17.1 Å². The zero-order chi connectivity index (χ0) is 20.1. The molecule has 8 heteroatoms. The molecule has 0 atom stereocenters. The number of benzene rings is 2. The van der Waals surface area contributed by atoms with Crippen molar-refractivity contribution in [2.24, 2.45) is 0 Å². The number of anilines is 3. The maximum atomic E-state index is 12.6. The average molecular weight is 402 g/mol. The van der Waals surface area contributed by atoms with E-state index in [-0.39, 0.29) is 30.6 Å². The Kier molecular flexibility index (Phi) is 6.16. The third-order valence-corrected chi connectivity index (χ3v) is 4.49. The Hall–Kier alpha value is -3.06. The van der Waals surface area contributed by atoms with Crippen LogP contribution in [0.3, 0.4) is 0 Å². The van der Waals surface area contributed by atoms with Crippen LogP contribution in [-0.4, -0.2) is 30.9 Å². The van der Waals surface area contributed by atoms with Crippen LogP contribution in [0, 0.1) is 0 Å². The molecule has 0 spiro atoms. The number of nitrogens with one attached hydrogen (secondary N) is 2. The predicted molar refractivity (Wildman–Crippen MR) is 108 cm³/mol. The Labute approximate surface area is 167 Å². The summed E-state index contributed by atoms with van der Waals surface area (Å²) in [6.07, 6.45) is 0.0717. The summed E-state index contributed by atoms with van der Waals surface area (Å²) in [5.41, 5.74) is 1.61. The molecular formula is C20H20ClN3O4. The summed E-state index contributed by atoms with van der Waals surface area (Å²) in [6, 6.07) is 12.1. The van der Waals surface area contributed by atoms with E-state index in [0.29, 0.717) is 41.0 Å². The second kappa shape index (κ2) is 8.75. The molecule has 0 radical (unpaired) electrons. The number of rotatable bonds is 5. The summed E-state index contributed by atoms with van der Waals surface area (Å²) in [5, 5.41) is 5.65. The zero-order valence-corrected chi connectivity index (χ0v) is 16.1. The fraction of sp³-hybridized carbons (Fsp3) is 0.250. The lowest BCUT2D eigenvalue weighted by atomic mass is 10.2. The summed E-state index contributed by atoms with van der Waals surface area (Å²) < 4.78 is 5.54. The van der Waals surface area contributed by atoms with Crippen LogP contribution < -0.4 is 20.3 Å². The summed E-state index contributed by atoms with van der Waals surface area (Å²) in [7, 11) is 0. The Morgan fingerprint density at radius 2 is 1.89 bits per heavy atom. The molecule has 0 aliphatic carbocycles. The Morgan fingerprint density at radius 3 is 2.68 bits per heavy atom. The molecular weight excluding hydrogens is 382 g/mol. The molecule has 0 fully saturated rings. The minimum atomic E-state index is -0.336. The summed E-state index contributed by atoms with van der Waals surface area (Å²) in [6.45, 7) is 2.25. The van der Waals surface area contributed by atoms with Crippen molar-refractivity contribution >= 4 is 46.4 Å². The van der Waals surface area contributed by atoms with Crippen molar-refractivity contribution in [1.29, 1.82) is 0 Å². The fourth-order valence-electron chi connectivity index (χ4n) is 2.90. The third kappa shape index (κ3) is 4.80. The van der Waals surface area contributed by atoms with Gasteiger partial charge in [-0.15, -0.1) is 0 Å². The number of ether oxygens (including phenoxy) is 1. The first-order chi connectivity index (χ1) is 13.4. The number of halogens is 1. The average Bonchev–Trinajstić information content (AvgIpc) is 2.68. The number of fused-ring (bicyclic) bond motifs is 1. The number of amides is 3. The molecule has 1 heterocycles. The van der Waals surface area contributed by atoms with Crippen LogP contribution >= 0.6 is 11.6 Å². The zero-order valence-electron chi connectivity index (χ0n) is 15.3. The fourth-order valence-corrected chi connectivity index (χ4v) is 3.06. The molecule has 3 rings (SSSR count). The number of hydrogen-bond acceptors (Lipinski definition) is 4. The quantitative estimate of drug-likeness (QED) is 0.803. The second-order valence-corrected chi connectivity index (χ2v) is 6.69. The van der Waals surface area contributed by atoms with Crippen LogP contribution in [0.25, 0.3) is 0 Å². The highest BCUT2D eigenvalue weighted by atomic mass is 35.5. The molecule has 0 unspecified atom stereocenters. The molecule has 0 saturated heterocycles. The van der Waals surface area contributed by atoms with E-state index < -0.39 is 0 Å². The Bertz CT molecular complexity index is 916. The van der Waals surface area contributed by atoms with Gasteiger partial charge in [-0.2, -0.15) is 0 Å². The lowest BCUT2D eigenvalue weighted by Crippen LogP contribution is -2.38. The van der Waals surface area contributed by atoms with Crippen molar-refractivity contribution < 1.29 is 19.1 Å². The van der Waals surface area contributed by atoms with Crippen LogP contribution in [-0.2, 0) is 14.4 Å². The number of carbonyl (C=O) groups excluding carboxylic acids is 3. The van der Waals surface area contributed by atoms with Gasteiger partial charge in [0.25, 0.3) is 0 Å². The van der Waals surface area contributed by atoms with Crippen molar-refractivity contribution in [3.63, 3.8) is 0 Å². The molecule has 2 N–H and O–H groups in total. The summed E-state index contributed by atoms with van der Waals surface area (Å²) in [4.78, 5) is 37.7. The number of nitrogens with zero attached hydrogens (tertiary/aromatic N) is 1. The molecule has 3 amide bonds. The lowest BCUT2D eigenvalue weighted by molar-refractivity contribution is -0.122. The van der Waals surface area contributed by atoms with E-state index in [4.69, 9.17) is 16.3 Å². The van der Waals surface area contributed by atoms with E-state index in [1.165, 1.54) is 6.92 Å². The largest absolute Gasteiger partial charge is 0.490 e. The van der Waals surface area contributed by atoms with Crippen molar-refractivity contribution in [3.8, 4) is 5.75 Å². The molecule has 1 aliphatic rings. The monoisotopic (exact) mass is 401 g/mol. The summed E-state index contributed by atoms with van der Waals surface area (Å²) in [5.74, 6) is -0.0510. The first-order valence-corrected chi connectivity index (χ1v) is 9.21. The van der Waals surface area contributed by atoms with E-state index >= 15 is 0 Å². The maximum absolute atomic E-state index is 12.6. The van der Waals surface area contributed by atoms with Crippen molar-refractivity contribution in [2.45, 2.75) is 19.8 Å². The third-order valence-electron chi connectivity index (χ3n) is 4.16. The molecule has 7 nitrogen and oxygen atoms in total. The summed E-state index contributed by atoms with van der Waals surface area (Å²) >= 11 is 6.10. The topological polar surface area (TPSA) is 87.7 Å². The second-order valence-electron chi connectivity index (χ2n) is 6.29. The van der Waals surface area contributed by atoms with Crippen LogP contribution in [0.5, 0.6) is 5.75 Å². The SMILES string of the molecule is CC(=O)Nc1ccc(Cl)c(NC(=O)CCC(=O)N2CCOc3ccccc32)c1. The first-order valence-electron chi connectivity index (χ1n) is 8.83. The van der Waals surface area contributed by atoms with Crippen LogP contribution in [0.2, 0.25) is 5.02 Å². The van der Waals surface area contributed by atoms with E-state index in [1.54, 1.807) is 23.1 Å². The number of para-hydroxylation sites is 2. The molecule has 146 valence electrons. The molecule has 1 aliphatic heterocycles. The lowest BCUT2D eigenvalue weighted by Gasteiger charge is -2.29. The van der Waals surface area contributed by atoms with Crippen molar-refractivity contribution in [1.82, 2.24) is 0 Å². The van der Waals surface area contributed by atoms with Crippen LogP contribution in [0.15, 0.2) is 42.5 Å². The van der Waals surface area contributed by atoms with Gasteiger partial charge in [0.2, 0.25) is 17.7 Å². The number of hydrogen-bond donors (Lipinski definition) is 2. The van der Waals surface area contributed by atoms with Gasteiger partial charge in [-0.1, -0.05) is 23.7 Å². The van der Waals surface area contributed by atoms with Gasteiger partial charge in [-0.25, -0.2) is 0 Å². The van der Waals surface area contributed by atoms with E-state index in [1.807, 2.05) is 24.3 Å². The van der Waals surface area contributed by atoms with Gasteiger partial charge < -0.3 is 20.3 Å². The molecule has 2 aromatic carbocycles. The van der Waals surface area contributed by atoms with E-state index in [9.17, 15) is 14.4 Å². The van der Waals surface area contributed by atoms with Crippen molar-refractivity contribution in [3.05, 3.63) is 47.5 Å². The van der Waals surface area contributed by atoms with Gasteiger partial charge >= 0.3 is 0 Å². The minimum Gasteiger partial charge on any atom is -0.490 e. The van der Waals surface area contributed by atoms with Crippen molar-refractivity contribution in [2.75, 3.05) is 28.7 Å². The Balaban J connectivity index is 1.59. The molecule has 28 heavy (non-hydrogen) atoms. The van der Waals surface area contributed by atoms with E-state index in [2.05, 4.69) is 10.6 Å². The molecule has 0 saturated carbocycles. The smallest absolute Gasteiger partial charge is 0.227 e. The van der Waals surface area contributed by atoms with Gasteiger partial charge in [-0.3, -0.25) is 14.4 Å². The van der Waals surface area contributed by atoms with Gasteiger partial charge in [0.15, 0.2) is 0 Å². The molecule has 2 aromatic rings. The van der Waals surface area contributed by atoms with Gasteiger partial charge in [0.1, 0.15) is 12.4 Å². The highest BCUT2D eigenvalue weighted by Gasteiger charge is 2.23. The van der Waals surface area contributed by atoms with Gasteiger partial charge in [-0.05, 0) is 30.3 Å². The first kappa shape index (κ1) is 19.7. The maximum Gasteiger partial charge on any atom is 0.227 e. The Morgan fingerprint density at radius 1 is 1.11 bits per heavy atom. The standard InChI is InChI=1S/C20H20ClN3O4/c1-13(25)22-14-6-7-15(21)16(12-14)23-19(26)8-9-20(27)24-10-11-28-18-5-3-2-4-17(18)24/h2-7,12H,8-11H2,1H3,(H,22,25)(H,23,26). The molecule has 0 bridgehead atoms. The number of carbonyl (C=O) groups is 3. The highest BCUT2D eigenvalue weighted by Crippen LogP contribution is 2.31. The van der Waals surface area contributed by atoms with Crippen LogP contribution in [0.1, 0.15) is 19.8 Å². The molecule has 0 aromatic heterocycles. The predicted octanol–water partition coefficient (Wildman–Crippen LogP) is 3.44.